The van der Waals surface area contributed by atoms with Crippen LogP contribution in [0.3, 0.4) is 0 Å². The van der Waals surface area contributed by atoms with Gasteiger partial charge in [-0.1, -0.05) is 170 Å². The van der Waals surface area contributed by atoms with E-state index in [4.69, 9.17) is 18.9 Å². The van der Waals surface area contributed by atoms with Crippen LogP contribution in [-0.2, 0) is 33.3 Å². The van der Waals surface area contributed by atoms with Crippen LogP contribution in [0.5, 0.6) is 0 Å². The molecule has 9 heteroatoms. The van der Waals surface area contributed by atoms with Gasteiger partial charge in [0, 0.05) is 12.8 Å². The smallest absolute Gasteiger partial charge is 0.361 e. The molecule has 1 N–H and O–H groups in total. The number of hydrogen-bond acceptors (Lipinski definition) is 7. The highest BCUT2D eigenvalue weighted by molar-refractivity contribution is 5.71. The second kappa shape index (κ2) is 44.3. The summed E-state index contributed by atoms with van der Waals surface area (Å²) >= 11 is 0. The summed E-state index contributed by atoms with van der Waals surface area (Å²) in [4.78, 5) is 37.1. The van der Waals surface area contributed by atoms with Crippen molar-refractivity contribution < 1.29 is 42.9 Å². The molecule has 0 saturated heterocycles. The third-order valence-electron chi connectivity index (χ3n) is 10.2. The summed E-state index contributed by atoms with van der Waals surface area (Å²) < 4.78 is 22.7. The summed E-state index contributed by atoms with van der Waals surface area (Å²) in [7, 11) is 5.95. The van der Waals surface area contributed by atoms with Gasteiger partial charge in [0.25, 0.3) is 6.29 Å². The molecule has 0 aliphatic rings. The van der Waals surface area contributed by atoms with Crippen molar-refractivity contribution in [2.75, 3.05) is 47.5 Å². The number of allylic oxidation sites excluding steroid dienone is 12. The standard InChI is InChI=1S/C53H91NO8/c1-6-8-10-12-14-16-18-19-20-21-22-23-24-25-26-27-28-29-30-31-32-33-34-36-38-40-42-44-51(56)62-49(48-61-53(52(57)58)59-46-45-54(3,4)5)47-60-50(55)43-41-39-37-35-17-15-13-11-9-7-2/h8,10-11,13-14,16,19-20,22-23,25-26,49,53H,6-7,9,12,15,17-18,21,24,27-48H2,1-5H3/p+1/b10-8-,13-11-,16-14-,20-19-,23-22-,26-25-. The topological polar surface area (TPSA) is 108 Å². The average Bonchev–Trinajstić information content (AvgIpc) is 3.23. The van der Waals surface area contributed by atoms with Gasteiger partial charge in [-0.05, 0) is 77.0 Å². The second-order valence-corrected chi connectivity index (χ2v) is 17.4. The summed E-state index contributed by atoms with van der Waals surface area (Å²) in [6, 6.07) is 0. The monoisotopic (exact) mass is 871 g/mol. The fraction of sp³-hybridized carbons (Fsp3) is 0.717. The van der Waals surface area contributed by atoms with Crippen LogP contribution in [-0.4, -0.2) is 87.4 Å². The number of ether oxygens (including phenoxy) is 4. The number of nitrogens with zero attached hydrogens (tertiary/aromatic N) is 1. The lowest BCUT2D eigenvalue weighted by Crippen LogP contribution is -2.40. The SMILES string of the molecule is CC/C=C\C/C=C\C/C=C\C/C=C\C/C=C\CCCCCCCCCCCCCC(=O)OC(COC(=O)CCCCCCC/C=C\CCC)COC(OCC[N+](C)(C)C)C(=O)O. The minimum absolute atomic E-state index is 0.183. The number of carboxylic acids is 1. The molecule has 62 heavy (non-hydrogen) atoms. The first-order valence-electron chi connectivity index (χ1n) is 24.6. The van der Waals surface area contributed by atoms with Gasteiger partial charge < -0.3 is 28.5 Å². The van der Waals surface area contributed by atoms with E-state index in [2.05, 4.69) is 86.8 Å². The molecule has 2 atom stereocenters. The van der Waals surface area contributed by atoms with Crippen molar-refractivity contribution >= 4 is 17.9 Å². The number of rotatable bonds is 44. The Morgan fingerprint density at radius 2 is 0.919 bits per heavy atom. The summed E-state index contributed by atoms with van der Waals surface area (Å²) in [6.07, 6.45) is 52.6. The molecule has 0 aliphatic heterocycles. The molecule has 356 valence electrons. The summed E-state index contributed by atoms with van der Waals surface area (Å²) in [5, 5.41) is 9.64. The molecule has 2 unspecified atom stereocenters. The number of carbonyl (C=O) groups excluding carboxylic acids is 2. The zero-order valence-corrected chi connectivity index (χ0v) is 40.3. The van der Waals surface area contributed by atoms with Crippen LogP contribution in [0.25, 0.3) is 0 Å². The molecule has 0 heterocycles. The maximum absolute atomic E-state index is 12.8. The maximum Gasteiger partial charge on any atom is 0.361 e. The molecule has 9 nitrogen and oxygen atoms in total. The number of quaternary nitrogens is 1. The summed E-state index contributed by atoms with van der Waals surface area (Å²) in [5.41, 5.74) is 0. The van der Waals surface area contributed by atoms with Gasteiger partial charge >= 0.3 is 17.9 Å². The van der Waals surface area contributed by atoms with Gasteiger partial charge in [-0.3, -0.25) is 9.59 Å². The van der Waals surface area contributed by atoms with Gasteiger partial charge in [0.2, 0.25) is 0 Å². The normalized spacial score (nSPS) is 13.5. The third kappa shape index (κ3) is 44.8. The lowest BCUT2D eigenvalue weighted by molar-refractivity contribution is -0.870. The Balaban J connectivity index is 4.25. The molecule has 0 aliphatic carbocycles. The van der Waals surface area contributed by atoms with E-state index in [1.165, 1.54) is 57.8 Å². The Hall–Kier alpha value is -3.27. The zero-order chi connectivity index (χ0) is 45.6. The van der Waals surface area contributed by atoms with Crippen LogP contribution in [0.2, 0.25) is 0 Å². The van der Waals surface area contributed by atoms with E-state index >= 15 is 0 Å². The number of hydrogen-bond donors (Lipinski definition) is 1. The lowest BCUT2D eigenvalue weighted by atomic mass is 10.0. The number of aliphatic carboxylic acids is 1. The van der Waals surface area contributed by atoms with Crippen molar-refractivity contribution in [3.05, 3.63) is 72.9 Å². The van der Waals surface area contributed by atoms with Crippen molar-refractivity contribution in [1.29, 1.82) is 0 Å². The molecule has 0 rings (SSSR count). The van der Waals surface area contributed by atoms with Crippen molar-refractivity contribution in [2.24, 2.45) is 0 Å². The number of carboxylic acid groups (broad SMARTS) is 1. The molecule has 0 bridgehead atoms. The zero-order valence-electron chi connectivity index (χ0n) is 40.3. The number of esters is 2. The summed E-state index contributed by atoms with van der Waals surface area (Å²) in [5.74, 6) is -2.03. The fourth-order valence-corrected chi connectivity index (χ4v) is 6.39. The highest BCUT2D eigenvalue weighted by Gasteiger charge is 2.25. The van der Waals surface area contributed by atoms with Crippen LogP contribution in [0.4, 0.5) is 0 Å². The Morgan fingerprint density at radius 1 is 0.500 bits per heavy atom. The molecule has 0 spiro atoms. The number of unbranched alkanes of at least 4 members (excludes halogenated alkanes) is 17. The summed E-state index contributed by atoms with van der Waals surface area (Å²) in [6.45, 7) is 4.67. The first kappa shape index (κ1) is 58.7. The van der Waals surface area contributed by atoms with Crippen molar-refractivity contribution in [3.8, 4) is 0 Å². The van der Waals surface area contributed by atoms with Crippen LogP contribution in [0.1, 0.15) is 187 Å². The lowest BCUT2D eigenvalue weighted by Gasteiger charge is -2.25. The largest absolute Gasteiger partial charge is 0.477 e. The van der Waals surface area contributed by atoms with Crippen molar-refractivity contribution in [1.82, 2.24) is 0 Å². The molecule has 0 radical (unpaired) electrons. The van der Waals surface area contributed by atoms with Crippen LogP contribution >= 0.6 is 0 Å². The molecular formula is C53H92NO8+. The number of likely N-dealkylation sites (N-methyl/N-ethyl adjacent to an activating group) is 1. The van der Waals surface area contributed by atoms with Crippen molar-refractivity contribution in [3.63, 3.8) is 0 Å². The average molecular weight is 871 g/mol. The molecule has 0 amide bonds. The van der Waals surface area contributed by atoms with E-state index < -0.39 is 24.3 Å². The first-order chi connectivity index (χ1) is 30.1. The van der Waals surface area contributed by atoms with E-state index in [-0.39, 0.29) is 38.6 Å². The highest BCUT2D eigenvalue weighted by Crippen LogP contribution is 2.14. The van der Waals surface area contributed by atoms with Gasteiger partial charge in [0.15, 0.2) is 6.10 Å². The maximum atomic E-state index is 12.8. The van der Waals surface area contributed by atoms with Gasteiger partial charge in [-0.15, -0.1) is 0 Å². The van der Waals surface area contributed by atoms with E-state index in [1.54, 1.807) is 0 Å². The quantitative estimate of drug-likeness (QED) is 0.0212. The third-order valence-corrected chi connectivity index (χ3v) is 10.2. The minimum atomic E-state index is -1.51. The molecular weight excluding hydrogens is 779 g/mol. The molecule has 0 aromatic carbocycles. The van der Waals surface area contributed by atoms with Crippen LogP contribution in [0, 0.1) is 0 Å². The van der Waals surface area contributed by atoms with E-state index in [9.17, 15) is 19.5 Å². The Labute approximate surface area is 379 Å². The highest BCUT2D eigenvalue weighted by atomic mass is 16.7. The van der Waals surface area contributed by atoms with E-state index in [0.717, 1.165) is 96.3 Å². The molecule has 0 aromatic rings. The predicted molar refractivity (Wildman–Crippen MR) is 258 cm³/mol. The van der Waals surface area contributed by atoms with Crippen LogP contribution < -0.4 is 0 Å². The Morgan fingerprint density at radius 3 is 1.39 bits per heavy atom. The molecule has 0 aromatic heterocycles. The molecule has 0 saturated carbocycles. The van der Waals surface area contributed by atoms with Gasteiger partial charge in [-0.2, -0.15) is 0 Å². The Kier molecular flexibility index (Phi) is 42.0. The van der Waals surface area contributed by atoms with E-state index in [0.29, 0.717) is 17.4 Å². The van der Waals surface area contributed by atoms with Crippen LogP contribution in [0.15, 0.2) is 72.9 Å². The Bertz CT molecular complexity index is 1240. The molecule has 0 fully saturated rings. The fourth-order valence-electron chi connectivity index (χ4n) is 6.39. The van der Waals surface area contributed by atoms with Gasteiger partial charge in [0.05, 0.1) is 34.4 Å². The number of carbonyl (C=O) groups is 3. The second-order valence-electron chi connectivity index (χ2n) is 17.4. The van der Waals surface area contributed by atoms with Gasteiger partial charge in [-0.25, -0.2) is 4.79 Å². The predicted octanol–water partition coefficient (Wildman–Crippen LogP) is 13.5. The van der Waals surface area contributed by atoms with Crippen molar-refractivity contribution in [2.45, 2.75) is 200 Å². The van der Waals surface area contributed by atoms with Gasteiger partial charge in [0.1, 0.15) is 13.2 Å². The first-order valence-corrected chi connectivity index (χ1v) is 24.6. The van der Waals surface area contributed by atoms with E-state index in [1.807, 2.05) is 21.1 Å². The minimum Gasteiger partial charge on any atom is -0.477 e.